The van der Waals surface area contributed by atoms with Gasteiger partial charge in [0, 0.05) is 43.6 Å². The molecule has 0 aliphatic carbocycles. The van der Waals surface area contributed by atoms with Crippen molar-refractivity contribution in [2.45, 2.75) is 13.8 Å². The second kappa shape index (κ2) is 5.78. The lowest BCUT2D eigenvalue weighted by Gasteiger charge is -2.35. The van der Waals surface area contributed by atoms with Gasteiger partial charge in [-0.3, -0.25) is 4.79 Å². The van der Waals surface area contributed by atoms with Gasteiger partial charge in [0.15, 0.2) is 0 Å². The summed E-state index contributed by atoms with van der Waals surface area (Å²) in [7, 11) is 0. The Morgan fingerprint density at radius 2 is 1.89 bits per heavy atom. The zero-order valence-electron chi connectivity index (χ0n) is 11.6. The van der Waals surface area contributed by atoms with Gasteiger partial charge in [0.25, 0.3) is 0 Å². The predicted octanol–water partition coefficient (Wildman–Crippen LogP) is 1.88. The maximum Gasteiger partial charge on any atom is 0.246 e. The van der Waals surface area contributed by atoms with Gasteiger partial charge >= 0.3 is 0 Å². The number of rotatable bonds is 2. The van der Waals surface area contributed by atoms with E-state index in [9.17, 15) is 4.79 Å². The number of nitrogens with zero attached hydrogens (tertiary/aromatic N) is 2. The van der Waals surface area contributed by atoms with Crippen LogP contribution in [0, 0.1) is 0 Å². The van der Waals surface area contributed by atoms with Gasteiger partial charge in [-0.1, -0.05) is 11.6 Å². The largest absolute Gasteiger partial charge is 0.399 e. The van der Waals surface area contributed by atoms with Crippen molar-refractivity contribution in [1.29, 1.82) is 0 Å². The number of piperazine rings is 1. The number of benzene rings is 1. The molecule has 0 atom stereocenters. The summed E-state index contributed by atoms with van der Waals surface area (Å²) in [6.45, 7) is 7.12. The molecule has 1 aliphatic heterocycles. The Bertz CT molecular complexity index is 484. The molecule has 0 bridgehead atoms. The Labute approximate surface area is 114 Å². The van der Waals surface area contributed by atoms with Crippen LogP contribution >= 0.6 is 0 Å². The average Bonchev–Trinajstić information content (AvgIpc) is 2.38. The molecule has 4 nitrogen and oxygen atoms in total. The molecule has 0 spiro atoms. The van der Waals surface area contributed by atoms with Gasteiger partial charge in [-0.15, -0.1) is 0 Å². The molecular formula is C15H21N3O. The van der Waals surface area contributed by atoms with Crippen LogP contribution < -0.4 is 10.6 Å². The summed E-state index contributed by atoms with van der Waals surface area (Å²) in [6.07, 6.45) is 1.70. The monoisotopic (exact) mass is 259 g/mol. The van der Waals surface area contributed by atoms with Crippen molar-refractivity contribution in [3.8, 4) is 0 Å². The van der Waals surface area contributed by atoms with Gasteiger partial charge in [-0.2, -0.15) is 0 Å². The standard InChI is InChI=1S/C15H21N3O/c1-12(2)10-15(19)18-8-6-17(7-9-18)14-5-3-4-13(16)11-14/h3-5,10-11H,6-9,16H2,1-2H3. The summed E-state index contributed by atoms with van der Waals surface area (Å²) in [5, 5.41) is 0. The Kier molecular flexibility index (Phi) is 4.10. The van der Waals surface area contributed by atoms with Crippen molar-refractivity contribution in [2.24, 2.45) is 0 Å². The van der Waals surface area contributed by atoms with Crippen LogP contribution in [0.2, 0.25) is 0 Å². The highest BCUT2D eigenvalue weighted by Crippen LogP contribution is 2.19. The lowest BCUT2D eigenvalue weighted by atomic mass is 10.2. The quantitative estimate of drug-likeness (QED) is 0.651. The van der Waals surface area contributed by atoms with Crippen molar-refractivity contribution in [3.63, 3.8) is 0 Å². The van der Waals surface area contributed by atoms with Crippen molar-refractivity contribution >= 4 is 17.3 Å². The van der Waals surface area contributed by atoms with E-state index in [0.29, 0.717) is 0 Å². The van der Waals surface area contributed by atoms with E-state index in [2.05, 4.69) is 11.0 Å². The molecule has 1 aliphatic rings. The molecule has 0 saturated carbocycles. The summed E-state index contributed by atoms with van der Waals surface area (Å²) in [4.78, 5) is 16.1. The van der Waals surface area contributed by atoms with Gasteiger partial charge in [-0.25, -0.2) is 0 Å². The smallest absolute Gasteiger partial charge is 0.246 e. The molecule has 0 aromatic heterocycles. The first-order chi connectivity index (χ1) is 9.06. The number of carbonyl (C=O) groups is 1. The molecule has 2 N–H and O–H groups in total. The predicted molar refractivity (Wildman–Crippen MR) is 79.1 cm³/mol. The van der Waals surface area contributed by atoms with Crippen LogP contribution in [0.25, 0.3) is 0 Å². The number of anilines is 2. The van der Waals surface area contributed by atoms with E-state index < -0.39 is 0 Å². The number of hydrogen-bond acceptors (Lipinski definition) is 3. The lowest BCUT2D eigenvalue weighted by Crippen LogP contribution is -2.48. The highest BCUT2D eigenvalue weighted by Gasteiger charge is 2.19. The van der Waals surface area contributed by atoms with Crippen LogP contribution in [0.5, 0.6) is 0 Å². The van der Waals surface area contributed by atoms with Crippen molar-refractivity contribution in [2.75, 3.05) is 36.8 Å². The summed E-state index contributed by atoms with van der Waals surface area (Å²) < 4.78 is 0. The fourth-order valence-electron chi connectivity index (χ4n) is 2.24. The van der Waals surface area contributed by atoms with Gasteiger partial charge in [0.2, 0.25) is 5.91 Å². The number of amides is 1. The zero-order chi connectivity index (χ0) is 13.8. The fourth-order valence-corrected chi connectivity index (χ4v) is 2.24. The zero-order valence-corrected chi connectivity index (χ0v) is 11.6. The molecular weight excluding hydrogens is 238 g/mol. The van der Waals surface area contributed by atoms with Crippen LogP contribution in [0.4, 0.5) is 11.4 Å². The number of nitrogens with two attached hydrogens (primary N) is 1. The van der Waals surface area contributed by atoms with Crippen molar-refractivity contribution < 1.29 is 4.79 Å². The van der Waals surface area contributed by atoms with Gasteiger partial charge in [-0.05, 0) is 32.0 Å². The van der Waals surface area contributed by atoms with E-state index in [1.807, 2.05) is 36.9 Å². The van der Waals surface area contributed by atoms with Crippen molar-refractivity contribution in [1.82, 2.24) is 4.90 Å². The minimum absolute atomic E-state index is 0.118. The van der Waals surface area contributed by atoms with E-state index in [1.165, 1.54) is 0 Å². The Hall–Kier alpha value is -1.97. The first-order valence-electron chi connectivity index (χ1n) is 6.60. The number of allylic oxidation sites excluding steroid dienone is 1. The lowest BCUT2D eigenvalue weighted by molar-refractivity contribution is -0.126. The molecule has 19 heavy (non-hydrogen) atoms. The molecule has 0 unspecified atom stereocenters. The maximum absolute atomic E-state index is 11.9. The van der Waals surface area contributed by atoms with Crippen LogP contribution in [-0.4, -0.2) is 37.0 Å². The Morgan fingerprint density at radius 3 is 2.47 bits per heavy atom. The van der Waals surface area contributed by atoms with Gasteiger partial charge < -0.3 is 15.5 Å². The number of hydrogen-bond donors (Lipinski definition) is 1. The molecule has 1 aromatic rings. The number of nitrogen functional groups attached to an aromatic ring is 1. The third kappa shape index (κ3) is 3.50. The average molecular weight is 259 g/mol. The van der Waals surface area contributed by atoms with E-state index in [1.54, 1.807) is 6.08 Å². The third-order valence-corrected chi connectivity index (χ3v) is 3.24. The summed E-state index contributed by atoms with van der Waals surface area (Å²) >= 11 is 0. The second-order valence-electron chi connectivity index (χ2n) is 5.13. The topological polar surface area (TPSA) is 49.6 Å². The van der Waals surface area contributed by atoms with E-state index >= 15 is 0 Å². The van der Waals surface area contributed by atoms with Crippen LogP contribution in [-0.2, 0) is 4.79 Å². The number of carbonyl (C=O) groups excluding carboxylic acids is 1. The molecule has 1 saturated heterocycles. The Balaban J connectivity index is 1.96. The minimum Gasteiger partial charge on any atom is -0.399 e. The molecule has 1 amide bonds. The molecule has 0 radical (unpaired) electrons. The Morgan fingerprint density at radius 1 is 1.21 bits per heavy atom. The molecule has 1 heterocycles. The molecule has 2 rings (SSSR count). The highest BCUT2D eigenvalue weighted by atomic mass is 16.2. The maximum atomic E-state index is 11.9. The van der Waals surface area contributed by atoms with Crippen molar-refractivity contribution in [3.05, 3.63) is 35.9 Å². The van der Waals surface area contributed by atoms with Crippen LogP contribution in [0.1, 0.15) is 13.8 Å². The first kappa shape index (κ1) is 13.5. The van der Waals surface area contributed by atoms with E-state index in [4.69, 9.17) is 5.73 Å². The highest BCUT2D eigenvalue weighted by molar-refractivity contribution is 5.88. The third-order valence-electron chi connectivity index (χ3n) is 3.24. The first-order valence-corrected chi connectivity index (χ1v) is 6.60. The van der Waals surface area contributed by atoms with Crippen LogP contribution in [0.3, 0.4) is 0 Å². The van der Waals surface area contributed by atoms with E-state index in [0.717, 1.165) is 43.1 Å². The summed E-state index contributed by atoms with van der Waals surface area (Å²) in [6, 6.07) is 7.89. The van der Waals surface area contributed by atoms with Gasteiger partial charge in [0.05, 0.1) is 0 Å². The minimum atomic E-state index is 0.118. The molecule has 4 heteroatoms. The van der Waals surface area contributed by atoms with E-state index in [-0.39, 0.29) is 5.91 Å². The fraction of sp³-hybridized carbons (Fsp3) is 0.400. The van der Waals surface area contributed by atoms with Crippen LogP contribution in [0.15, 0.2) is 35.9 Å². The second-order valence-corrected chi connectivity index (χ2v) is 5.13. The molecule has 102 valence electrons. The SMILES string of the molecule is CC(C)=CC(=O)N1CCN(c2cccc(N)c2)CC1. The summed E-state index contributed by atoms with van der Waals surface area (Å²) in [5.74, 6) is 0.118. The summed E-state index contributed by atoms with van der Waals surface area (Å²) in [5.41, 5.74) is 8.75. The van der Waals surface area contributed by atoms with Gasteiger partial charge in [0.1, 0.15) is 0 Å². The molecule has 1 aromatic carbocycles. The molecule has 1 fully saturated rings. The normalized spacial score (nSPS) is 15.3.